The largest absolute Gasteiger partial charge is 0.495 e. The van der Waals surface area contributed by atoms with Crippen molar-refractivity contribution in [3.8, 4) is 16.3 Å². The molecule has 8 nitrogen and oxygen atoms in total. The molecular weight excluding hydrogens is 436 g/mol. The lowest BCUT2D eigenvalue weighted by Crippen LogP contribution is -2.30. The van der Waals surface area contributed by atoms with Gasteiger partial charge in [0.15, 0.2) is 0 Å². The number of methoxy groups -OCH3 is 1. The number of hydrogen-bond donors (Lipinski definition) is 1. The molecule has 0 unspecified atom stereocenters. The molecule has 10 heteroatoms. The fourth-order valence-corrected chi connectivity index (χ4v) is 5.32. The molecular formula is C21H24N4O4S2. The van der Waals surface area contributed by atoms with Crippen LogP contribution in [0.3, 0.4) is 0 Å². The monoisotopic (exact) mass is 460 g/mol. The summed E-state index contributed by atoms with van der Waals surface area (Å²) in [6.45, 7) is 4.27. The summed E-state index contributed by atoms with van der Waals surface area (Å²) < 4.78 is 32.3. The van der Waals surface area contributed by atoms with Crippen molar-refractivity contribution < 1.29 is 17.9 Å². The number of carbonyl (C=O) groups is 1. The number of sulfonamides is 1. The summed E-state index contributed by atoms with van der Waals surface area (Å²) in [4.78, 5) is 21.3. The van der Waals surface area contributed by atoms with Crippen LogP contribution >= 0.6 is 11.3 Å². The van der Waals surface area contributed by atoms with Crippen molar-refractivity contribution in [1.29, 1.82) is 0 Å². The molecule has 3 aromatic rings. The number of benzene rings is 1. The highest BCUT2D eigenvalue weighted by atomic mass is 32.2. The Balaban J connectivity index is 1.79. The first-order valence-electron chi connectivity index (χ1n) is 9.71. The normalized spacial score (nSPS) is 11.5. The number of ether oxygens (including phenoxy) is 1. The number of nitrogens with one attached hydrogen (secondary N) is 1. The Morgan fingerprint density at radius 2 is 2.00 bits per heavy atom. The summed E-state index contributed by atoms with van der Waals surface area (Å²) in [6.07, 6.45) is 3.45. The lowest BCUT2D eigenvalue weighted by atomic mass is 10.2. The van der Waals surface area contributed by atoms with E-state index in [9.17, 15) is 13.2 Å². The maximum absolute atomic E-state index is 12.8. The molecule has 1 amide bonds. The Morgan fingerprint density at radius 1 is 1.23 bits per heavy atom. The van der Waals surface area contributed by atoms with Gasteiger partial charge in [0.2, 0.25) is 15.9 Å². The van der Waals surface area contributed by atoms with E-state index < -0.39 is 10.0 Å². The van der Waals surface area contributed by atoms with Crippen molar-refractivity contribution in [2.75, 3.05) is 25.5 Å². The van der Waals surface area contributed by atoms with E-state index in [1.54, 1.807) is 26.2 Å². The first kappa shape index (κ1) is 22.9. The molecule has 0 radical (unpaired) electrons. The van der Waals surface area contributed by atoms with Gasteiger partial charge in [-0.2, -0.15) is 4.31 Å². The minimum Gasteiger partial charge on any atom is -0.495 e. The Kier molecular flexibility index (Phi) is 7.37. The quantitative estimate of drug-likeness (QED) is 0.525. The molecule has 0 saturated carbocycles. The standard InChI is InChI=1S/C21H24N4O4S2/c1-4-25(5-2)31(27,28)17-8-9-19(29-3)18(12-17)24-20(26)11-16-14-30-21(23-16)15-7-6-10-22-13-15/h6-10,12-14H,4-5,11H2,1-3H3,(H,24,26). The zero-order valence-electron chi connectivity index (χ0n) is 17.5. The van der Waals surface area contributed by atoms with Gasteiger partial charge in [0.1, 0.15) is 10.8 Å². The topological polar surface area (TPSA) is 101 Å². The predicted molar refractivity (Wildman–Crippen MR) is 121 cm³/mol. The Bertz CT molecular complexity index is 1140. The SMILES string of the molecule is CCN(CC)S(=O)(=O)c1ccc(OC)c(NC(=O)Cc2csc(-c3cccnc3)n2)c1. The van der Waals surface area contributed by atoms with E-state index in [0.717, 1.165) is 10.6 Å². The first-order valence-corrected chi connectivity index (χ1v) is 12.0. The first-order chi connectivity index (χ1) is 14.9. The molecule has 164 valence electrons. The van der Waals surface area contributed by atoms with E-state index in [0.29, 0.717) is 30.2 Å². The lowest BCUT2D eigenvalue weighted by molar-refractivity contribution is -0.115. The van der Waals surface area contributed by atoms with Gasteiger partial charge in [-0.3, -0.25) is 9.78 Å². The van der Waals surface area contributed by atoms with Crippen LogP contribution in [0.1, 0.15) is 19.5 Å². The summed E-state index contributed by atoms with van der Waals surface area (Å²) in [5, 5.41) is 5.35. The van der Waals surface area contributed by atoms with E-state index in [4.69, 9.17) is 4.74 Å². The van der Waals surface area contributed by atoms with Crippen LogP contribution in [0.4, 0.5) is 5.69 Å². The van der Waals surface area contributed by atoms with Gasteiger partial charge in [-0.15, -0.1) is 11.3 Å². The summed E-state index contributed by atoms with van der Waals surface area (Å²) in [6, 6.07) is 8.17. The summed E-state index contributed by atoms with van der Waals surface area (Å²) in [5.74, 6) is 0.0555. The Hall–Kier alpha value is -2.82. The van der Waals surface area contributed by atoms with Gasteiger partial charge in [-0.25, -0.2) is 13.4 Å². The summed E-state index contributed by atoms with van der Waals surface area (Å²) >= 11 is 1.43. The molecule has 3 rings (SSSR count). The number of nitrogens with zero attached hydrogens (tertiary/aromatic N) is 3. The molecule has 2 aromatic heterocycles. The highest BCUT2D eigenvalue weighted by molar-refractivity contribution is 7.89. The molecule has 0 aliphatic carbocycles. The second-order valence-corrected chi connectivity index (χ2v) is 9.36. The number of amides is 1. The van der Waals surface area contributed by atoms with Crippen molar-refractivity contribution in [3.63, 3.8) is 0 Å². The van der Waals surface area contributed by atoms with Gasteiger partial charge < -0.3 is 10.1 Å². The number of anilines is 1. The van der Waals surface area contributed by atoms with Crippen LogP contribution in [-0.4, -0.2) is 48.8 Å². The fourth-order valence-electron chi connectivity index (χ4n) is 3.03. The highest BCUT2D eigenvalue weighted by Gasteiger charge is 2.23. The van der Waals surface area contributed by atoms with Crippen LogP contribution in [-0.2, 0) is 21.2 Å². The predicted octanol–water partition coefficient (Wildman–Crippen LogP) is 3.43. The van der Waals surface area contributed by atoms with E-state index in [2.05, 4.69) is 15.3 Å². The van der Waals surface area contributed by atoms with Gasteiger partial charge >= 0.3 is 0 Å². The molecule has 0 aliphatic heterocycles. The van der Waals surface area contributed by atoms with Crippen LogP contribution in [0.2, 0.25) is 0 Å². The average Bonchev–Trinajstić information content (AvgIpc) is 3.23. The van der Waals surface area contributed by atoms with Crippen molar-refractivity contribution in [2.24, 2.45) is 0 Å². The fraction of sp³-hybridized carbons (Fsp3) is 0.286. The van der Waals surface area contributed by atoms with E-state index in [1.165, 1.54) is 41.0 Å². The zero-order chi connectivity index (χ0) is 22.4. The molecule has 0 bridgehead atoms. The summed E-state index contributed by atoms with van der Waals surface area (Å²) in [5.41, 5.74) is 1.80. The molecule has 31 heavy (non-hydrogen) atoms. The minimum atomic E-state index is -3.66. The molecule has 0 fully saturated rings. The number of aromatic nitrogens is 2. The Labute approximate surface area is 186 Å². The van der Waals surface area contributed by atoms with Crippen LogP contribution in [0.25, 0.3) is 10.6 Å². The van der Waals surface area contributed by atoms with Crippen LogP contribution in [0.5, 0.6) is 5.75 Å². The number of thiazole rings is 1. The van der Waals surface area contributed by atoms with Crippen LogP contribution < -0.4 is 10.1 Å². The molecule has 1 N–H and O–H groups in total. The van der Waals surface area contributed by atoms with Crippen LogP contribution in [0, 0.1) is 0 Å². The maximum atomic E-state index is 12.8. The maximum Gasteiger partial charge on any atom is 0.243 e. The van der Waals surface area contributed by atoms with Crippen molar-refractivity contribution >= 4 is 33.0 Å². The molecule has 0 atom stereocenters. The number of carbonyl (C=O) groups excluding carboxylic acids is 1. The number of pyridine rings is 1. The van der Waals surface area contributed by atoms with E-state index >= 15 is 0 Å². The van der Waals surface area contributed by atoms with E-state index in [1.807, 2.05) is 17.5 Å². The average molecular weight is 461 g/mol. The molecule has 0 saturated heterocycles. The second kappa shape index (κ2) is 9.99. The minimum absolute atomic E-state index is 0.0486. The van der Waals surface area contributed by atoms with Gasteiger partial charge in [-0.05, 0) is 30.3 Å². The highest BCUT2D eigenvalue weighted by Crippen LogP contribution is 2.29. The molecule has 0 spiro atoms. The lowest BCUT2D eigenvalue weighted by Gasteiger charge is -2.19. The molecule has 1 aromatic carbocycles. The van der Waals surface area contributed by atoms with Gasteiger partial charge in [0.25, 0.3) is 0 Å². The smallest absolute Gasteiger partial charge is 0.243 e. The molecule has 2 heterocycles. The van der Waals surface area contributed by atoms with Gasteiger partial charge in [-0.1, -0.05) is 13.8 Å². The van der Waals surface area contributed by atoms with Crippen LogP contribution in [0.15, 0.2) is 53.0 Å². The van der Waals surface area contributed by atoms with E-state index in [-0.39, 0.29) is 17.2 Å². The van der Waals surface area contributed by atoms with Crippen molar-refractivity contribution in [3.05, 3.63) is 53.8 Å². The van der Waals surface area contributed by atoms with Gasteiger partial charge in [0.05, 0.1) is 29.8 Å². The molecule has 0 aliphatic rings. The van der Waals surface area contributed by atoms with Crippen molar-refractivity contribution in [2.45, 2.75) is 25.2 Å². The summed E-state index contributed by atoms with van der Waals surface area (Å²) in [7, 11) is -2.20. The van der Waals surface area contributed by atoms with Gasteiger partial charge in [0, 0.05) is 36.4 Å². The zero-order valence-corrected chi connectivity index (χ0v) is 19.2. The number of hydrogen-bond acceptors (Lipinski definition) is 7. The number of rotatable bonds is 9. The van der Waals surface area contributed by atoms with Crippen molar-refractivity contribution in [1.82, 2.24) is 14.3 Å². The third-order valence-electron chi connectivity index (χ3n) is 4.59. The third-order valence-corrected chi connectivity index (χ3v) is 7.58. The third kappa shape index (κ3) is 5.27. The Morgan fingerprint density at radius 3 is 2.65 bits per heavy atom. The second-order valence-electron chi connectivity index (χ2n) is 6.56.